The summed E-state index contributed by atoms with van der Waals surface area (Å²) in [6.07, 6.45) is 1.26. The molecule has 0 aromatic carbocycles. The molecule has 1 heterocycles. The molecule has 0 aromatic heterocycles. The molecule has 0 aromatic rings. The molecule has 22 heavy (non-hydrogen) atoms. The molecule has 1 saturated heterocycles. The zero-order valence-electron chi connectivity index (χ0n) is 14.5. The second kappa shape index (κ2) is 6.98. The Hall–Kier alpha value is -1.79. The van der Waals surface area contributed by atoms with Gasteiger partial charge < -0.3 is 16.0 Å². The van der Waals surface area contributed by atoms with Crippen molar-refractivity contribution in [3.8, 4) is 0 Å². The van der Waals surface area contributed by atoms with Crippen LogP contribution < -0.4 is 16.0 Å². The van der Waals surface area contributed by atoms with Crippen LogP contribution in [0.1, 0.15) is 47.5 Å². The minimum atomic E-state index is -0.756. The topological polar surface area (TPSA) is 85.8 Å². The Morgan fingerprint density at radius 2 is 2.00 bits per heavy atom. The highest BCUT2D eigenvalue weighted by molar-refractivity contribution is 6.06. The molecule has 3 amide bonds. The number of imide groups is 1. The predicted molar refractivity (Wildman–Crippen MR) is 87.8 cm³/mol. The average molecular weight is 311 g/mol. The molecule has 7 heteroatoms. The number of hydrogen-bond acceptors (Lipinski definition) is 3. The summed E-state index contributed by atoms with van der Waals surface area (Å²) in [7, 11) is 1.71. The molecule has 126 valence electrons. The number of hydrogen-bond donors (Lipinski definition) is 3. The van der Waals surface area contributed by atoms with Crippen molar-refractivity contribution in [1.82, 2.24) is 20.9 Å². The Kier molecular flexibility index (Phi) is 5.79. The normalized spacial score (nSPS) is 22.8. The van der Waals surface area contributed by atoms with Crippen molar-refractivity contribution in [2.45, 2.75) is 58.5 Å². The first-order valence-electron chi connectivity index (χ1n) is 7.76. The zero-order chi connectivity index (χ0) is 17.0. The predicted octanol–water partition coefficient (Wildman–Crippen LogP) is 1.06. The minimum absolute atomic E-state index is 0.0738. The van der Waals surface area contributed by atoms with Crippen molar-refractivity contribution in [1.29, 1.82) is 0 Å². The van der Waals surface area contributed by atoms with Gasteiger partial charge in [0.1, 0.15) is 5.54 Å². The van der Waals surface area contributed by atoms with Crippen LogP contribution in [-0.2, 0) is 4.79 Å². The molecule has 7 nitrogen and oxygen atoms in total. The van der Waals surface area contributed by atoms with Crippen LogP contribution in [0.5, 0.6) is 0 Å². The van der Waals surface area contributed by atoms with Gasteiger partial charge in [-0.1, -0.05) is 6.92 Å². The highest BCUT2D eigenvalue weighted by Gasteiger charge is 2.45. The second-order valence-corrected chi connectivity index (χ2v) is 6.80. The van der Waals surface area contributed by atoms with E-state index in [1.165, 1.54) is 4.90 Å². The third kappa shape index (κ3) is 4.61. The summed E-state index contributed by atoms with van der Waals surface area (Å²) < 4.78 is 0. The fourth-order valence-electron chi connectivity index (χ4n) is 2.17. The second-order valence-electron chi connectivity index (χ2n) is 6.80. The van der Waals surface area contributed by atoms with Crippen LogP contribution in [0.15, 0.2) is 4.99 Å². The summed E-state index contributed by atoms with van der Waals surface area (Å²) in [5.74, 6) is 0.570. The van der Waals surface area contributed by atoms with E-state index in [4.69, 9.17) is 0 Å². The highest BCUT2D eigenvalue weighted by Crippen LogP contribution is 2.20. The highest BCUT2D eigenvalue weighted by atomic mass is 16.2. The van der Waals surface area contributed by atoms with Gasteiger partial charge in [-0.15, -0.1) is 0 Å². The Balaban J connectivity index is 2.42. The van der Waals surface area contributed by atoms with E-state index in [1.807, 2.05) is 6.92 Å². The van der Waals surface area contributed by atoms with Gasteiger partial charge in [-0.25, -0.2) is 4.79 Å². The smallest absolute Gasteiger partial charge is 0.325 e. The van der Waals surface area contributed by atoms with Gasteiger partial charge in [-0.2, -0.15) is 0 Å². The van der Waals surface area contributed by atoms with Gasteiger partial charge >= 0.3 is 6.03 Å². The van der Waals surface area contributed by atoms with Crippen LogP contribution in [0, 0.1) is 0 Å². The van der Waals surface area contributed by atoms with Crippen molar-refractivity contribution in [2.75, 3.05) is 20.1 Å². The molecule has 1 aliphatic heterocycles. The van der Waals surface area contributed by atoms with Gasteiger partial charge in [0.05, 0.1) is 0 Å². The van der Waals surface area contributed by atoms with Crippen molar-refractivity contribution >= 4 is 17.9 Å². The van der Waals surface area contributed by atoms with E-state index in [2.05, 4.69) is 41.7 Å². The first kappa shape index (κ1) is 18.3. The molecule has 1 aliphatic rings. The molecule has 1 atom stereocenters. The molecule has 0 spiro atoms. The van der Waals surface area contributed by atoms with Gasteiger partial charge in [0.2, 0.25) is 0 Å². The molecular formula is C15H29N5O2. The molecule has 0 radical (unpaired) electrons. The van der Waals surface area contributed by atoms with E-state index in [1.54, 1.807) is 14.0 Å². The Morgan fingerprint density at radius 1 is 1.36 bits per heavy atom. The summed E-state index contributed by atoms with van der Waals surface area (Å²) in [6, 6.07) is -0.299. The number of guanidine groups is 1. The lowest BCUT2D eigenvalue weighted by Crippen LogP contribution is -2.48. The van der Waals surface area contributed by atoms with Crippen LogP contribution in [0.2, 0.25) is 0 Å². The summed E-state index contributed by atoms with van der Waals surface area (Å²) in [6.45, 7) is 10.9. The standard InChI is InChI=1S/C15H29N5O2/c1-7-15(5)11(21)20(13(22)19-15)10-8-9-17-12(16-6)18-14(2,3)4/h7-10H2,1-6H3,(H,19,22)(H2,16,17,18). The maximum atomic E-state index is 12.2. The number of nitrogens with one attached hydrogen (secondary N) is 3. The lowest BCUT2D eigenvalue weighted by atomic mass is 9.99. The number of amides is 3. The average Bonchev–Trinajstić information content (AvgIpc) is 2.64. The van der Waals surface area contributed by atoms with Crippen LogP contribution in [0.25, 0.3) is 0 Å². The Bertz CT molecular complexity index is 455. The largest absolute Gasteiger partial charge is 0.356 e. The molecular weight excluding hydrogens is 282 g/mol. The van der Waals surface area contributed by atoms with E-state index in [-0.39, 0.29) is 17.5 Å². The lowest BCUT2D eigenvalue weighted by Gasteiger charge is -2.24. The van der Waals surface area contributed by atoms with Crippen LogP contribution in [-0.4, -0.2) is 54.0 Å². The number of nitrogens with zero attached hydrogens (tertiary/aromatic N) is 2. The van der Waals surface area contributed by atoms with E-state index >= 15 is 0 Å². The first-order valence-corrected chi connectivity index (χ1v) is 7.76. The van der Waals surface area contributed by atoms with E-state index in [9.17, 15) is 9.59 Å². The number of urea groups is 1. The summed E-state index contributed by atoms with van der Waals surface area (Å²) in [4.78, 5) is 29.5. The molecule has 1 rings (SSSR count). The van der Waals surface area contributed by atoms with Crippen LogP contribution in [0.4, 0.5) is 4.79 Å². The van der Waals surface area contributed by atoms with Gasteiger partial charge in [0.25, 0.3) is 5.91 Å². The van der Waals surface area contributed by atoms with Gasteiger partial charge in [-0.05, 0) is 40.5 Å². The fourth-order valence-corrected chi connectivity index (χ4v) is 2.17. The van der Waals surface area contributed by atoms with Crippen molar-refractivity contribution < 1.29 is 9.59 Å². The van der Waals surface area contributed by atoms with Crippen molar-refractivity contribution in [3.05, 3.63) is 0 Å². The molecule has 3 N–H and O–H groups in total. The van der Waals surface area contributed by atoms with Crippen molar-refractivity contribution in [2.24, 2.45) is 4.99 Å². The summed E-state index contributed by atoms with van der Waals surface area (Å²) in [5, 5.41) is 9.19. The first-order chi connectivity index (χ1) is 10.1. The molecule has 1 fully saturated rings. The fraction of sp³-hybridized carbons (Fsp3) is 0.800. The van der Waals surface area contributed by atoms with Crippen LogP contribution >= 0.6 is 0 Å². The third-order valence-electron chi connectivity index (χ3n) is 3.62. The van der Waals surface area contributed by atoms with Gasteiger partial charge in [0, 0.05) is 25.7 Å². The molecule has 0 saturated carbocycles. The number of carbonyl (C=O) groups excluding carboxylic acids is 2. The van der Waals surface area contributed by atoms with Crippen LogP contribution in [0.3, 0.4) is 0 Å². The third-order valence-corrected chi connectivity index (χ3v) is 3.62. The minimum Gasteiger partial charge on any atom is -0.356 e. The molecule has 0 aliphatic carbocycles. The van der Waals surface area contributed by atoms with Gasteiger partial charge in [-0.3, -0.25) is 14.7 Å². The Labute approximate surface area is 132 Å². The number of aliphatic imine (C=N–C) groups is 1. The van der Waals surface area contributed by atoms with E-state index < -0.39 is 5.54 Å². The van der Waals surface area contributed by atoms with Crippen molar-refractivity contribution in [3.63, 3.8) is 0 Å². The van der Waals surface area contributed by atoms with Gasteiger partial charge in [0.15, 0.2) is 5.96 Å². The maximum Gasteiger partial charge on any atom is 0.325 e. The molecule has 0 bridgehead atoms. The molecule has 1 unspecified atom stereocenters. The van der Waals surface area contributed by atoms with E-state index in [0.29, 0.717) is 31.9 Å². The van der Waals surface area contributed by atoms with E-state index in [0.717, 1.165) is 0 Å². The lowest BCUT2D eigenvalue weighted by molar-refractivity contribution is -0.130. The monoisotopic (exact) mass is 311 g/mol. The number of rotatable bonds is 5. The zero-order valence-corrected chi connectivity index (χ0v) is 14.5. The SMILES string of the molecule is CCC1(C)NC(=O)N(CCCNC(=NC)NC(C)(C)C)C1=O. The maximum absolute atomic E-state index is 12.2. The Morgan fingerprint density at radius 3 is 2.45 bits per heavy atom. The summed E-state index contributed by atoms with van der Waals surface area (Å²) >= 11 is 0. The number of carbonyl (C=O) groups is 2. The summed E-state index contributed by atoms with van der Waals surface area (Å²) in [5.41, 5.74) is -0.829. The quantitative estimate of drug-likeness (QED) is 0.307.